The fourth-order valence-corrected chi connectivity index (χ4v) is 3.71. The van der Waals surface area contributed by atoms with E-state index < -0.39 is 0 Å². The predicted molar refractivity (Wildman–Crippen MR) is 72.6 cm³/mol. The van der Waals surface area contributed by atoms with Crippen LogP contribution in [-0.4, -0.2) is 18.4 Å². The number of hydrogen-bond acceptors (Lipinski definition) is 3. The molecule has 0 fully saturated rings. The number of hydrogen-bond donors (Lipinski definition) is 2. The number of phenolic OH excluding ortho intramolecular Hbond substituents is 1. The second kappa shape index (κ2) is 3.46. The molecular weight excluding hydrogens is 254 g/mol. The molecule has 0 spiro atoms. The number of rotatable bonds is 0. The van der Waals surface area contributed by atoms with Crippen molar-refractivity contribution in [3.05, 3.63) is 35.4 Å². The van der Waals surface area contributed by atoms with Crippen molar-refractivity contribution in [1.29, 1.82) is 0 Å². The molecule has 0 aromatic heterocycles. The highest BCUT2D eigenvalue weighted by Crippen LogP contribution is 2.44. The van der Waals surface area contributed by atoms with Gasteiger partial charge in [0.05, 0.1) is 6.54 Å². The second-order valence-corrected chi connectivity index (χ2v) is 5.67. The van der Waals surface area contributed by atoms with Gasteiger partial charge in [-0.1, -0.05) is 0 Å². The highest BCUT2D eigenvalue weighted by molar-refractivity contribution is 5.82. The summed E-state index contributed by atoms with van der Waals surface area (Å²) < 4.78 is 11.0. The molecule has 100 valence electrons. The summed E-state index contributed by atoms with van der Waals surface area (Å²) in [6, 6.07) is 7.94. The van der Waals surface area contributed by atoms with Crippen LogP contribution in [0.4, 0.5) is 5.69 Å². The lowest BCUT2D eigenvalue weighted by atomic mass is 9.92. The van der Waals surface area contributed by atoms with Crippen molar-refractivity contribution < 1.29 is 19.5 Å². The lowest BCUT2D eigenvalue weighted by Crippen LogP contribution is -3.05. The summed E-state index contributed by atoms with van der Waals surface area (Å²) >= 11 is 0. The summed E-state index contributed by atoms with van der Waals surface area (Å²) in [5.41, 5.74) is 6.22. The van der Waals surface area contributed by atoms with Crippen LogP contribution in [0.15, 0.2) is 24.3 Å². The molecule has 1 unspecified atom stereocenters. The van der Waals surface area contributed by atoms with Gasteiger partial charge >= 0.3 is 0 Å². The van der Waals surface area contributed by atoms with E-state index in [0.29, 0.717) is 12.5 Å². The number of fused-ring (bicyclic) bond motifs is 3. The zero-order chi connectivity index (χ0) is 13.3. The first-order valence-corrected chi connectivity index (χ1v) is 6.93. The molecule has 2 N–H and O–H groups in total. The van der Waals surface area contributed by atoms with Crippen molar-refractivity contribution in [2.45, 2.75) is 13.0 Å². The molecule has 4 nitrogen and oxygen atoms in total. The van der Waals surface area contributed by atoms with E-state index in [0.717, 1.165) is 36.6 Å². The van der Waals surface area contributed by atoms with Crippen LogP contribution in [0.5, 0.6) is 17.2 Å². The van der Waals surface area contributed by atoms with Crippen molar-refractivity contribution in [3.63, 3.8) is 0 Å². The lowest BCUT2D eigenvalue weighted by molar-refractivity contribution is -0.841. The van der Waals surface area contributed by atoms with Crippen LogP contribution in [-0.2, 0) is 13.0 Å². The summed E-state index contributed by atoms with van der Waals surface area (Å²) in [5, 5.41) is 9.97. The molecule has 0 bridgehead atoms. The van der Waals surface area contributed by atoms with Crippen molar-refractivity contribution in [2.75, 3.05) is 13.3 Å². The van der Waals surface area contributed by atoms with Crippen LogP contribution in [0.2, 0.25) is 0 Å². The third-order valence-corrected chi connectivity index (χ3v) is 4.55. The van der Waals surface area contributed by atoms with Gasteiger partial charge in [0, 0.05) is 28.7 Å². The first-order valence-electron chi connectivity index (χ1n) is 6.93. The molecule has 1 atom stereocenters. The van der Waals surface area contributed by atoms with Gasteiger partial charge in [0.25, 0.3) is 0 Å². The van der Waals surface area contributed by atoms with Crippen molar-refractivity contribution in [2.24, 2.45) is 0 Å². The Bertz CT molecular complexity index is 754. The van der Waals surface area contributed by atoms with E-state index in [4.69, 9.17) is 9.47 Å². The molecule has 3 aliphatic heterocycles. The van der Waals surface area contributed by atoms with Gasteiger partial charge in [0.2, 0.25) is 6.79 Å². The van der Waals surface area contributed by atoms with Crippen LogP contribution >= 0.6 is 0 Å². The lowest BCUT2D eigenvalue weighted by Gasteiger charge is -2.24. The number of ether oxygens (including phenoxy) is 2. The Hall–Kier alpha value is -2.20. The highest BCUT2D eigenvalue weighted by Gasteiger charge is 2.35. The monoisotopic (exact) mass is 268 g/mol. The van der Waals surface area contributed by atoms with Crippen LogP contribution < -0.4 is 14.4 Å². The maximum Gasteiger partial charge on any atom is 0.231 e. The quantitative estimate of drug-likeness (QED) is 0.709. The molecular formula is C16H14NO3+. The molecule has 0 saturated heterocycles. The Labute approximate surface area is 116 Å². The van der Waals surface area contributed by atoms with E-state index in [1.165, 1.54) is 27.3 Å². The van der Waals surface area contributed by atoms with Gasteiger partial charge in [-0.2, -0.15) is 0 Å². The minimum Gasteiger partial charge on any atom is -0.508 e. The zero-order valence-electron chi connectivity index (χ0n) is 10.9. The van der Waals surface area contributed by atoms with Gasteiger partial charge in [-0.25, -0.2) is 0 Å². The molecule has 3 aliphatic rings. The Morgan fingerprint density at radius 3 is 2.70 bits per heavy atom. The van der Waals surface area contributed by atoms with Gasteiger partial charge in [-0.3, -0.25) is 4.90 Å². The molecule has 0 saturated carbocycles. The Morgan fingerprint density at radius 2 is 1.80 bits per heavy atom. The van der Waals surface area contributed by atoms with E-state index >= 15 is 0 Å². The summed E-state index contributed by atoms with van der Waals surface area (Å²) in [7, 11) is 0. The van der Waals surface area contributed by atoms with Crippen LogP contribution in [0.1, 0.15) is 11.1 Å². The highest BCUT2D eigenvalue weighted by atomic mass is 16.7. The average molecular weight is 268 g/mol. The number of quaternary nitrogens is 1. The molecule has 0 radical (unpaired) electrons. The summed E-state index contributed by atoms with van der Waals surface area (Å²) in [6.45, 7) is 2.38. The van der Waals surface area contributed by atoms with Gasteiger partial charge < -0.3 is 14.6 Å². The van der Waals surface area contributed by atoms with Crippen LogP contribution in [0.3, 0.4) is 0 Å². The fraction of sp³-hybridized carbons (Fsp3) is 0.250. The fourth-order valence-electron chi connectivity index (χ4n) is 3.71. The molecule has 4 heteroatoms. The number of phenols is 1. The van der Waals surface area contributed by atoms with Crippen molar-refractivity contribution >= 4 is 5.69 Å². The minimum absolute atomic E-state index is 0.299. The Morgan fingerprint density at radius 1 is 0.950 bits per heavy atom. The third-order valence-electron chi connectivity index (χ3n) is 4.55. The first-order chi connectivity index (χ1) is 9.79. The summed E-state index contributed by atoms with van der Waals surface area (Å²) in [6.07, 6.45) is 1.03. The van der Waals surface area contributed by atoms with E-state index in [9.17, 15) is 5.11 Å². The zero-order valence-corrected chi connectivity index (χ0v) is 10.9. The van der Waals surface area contributed by atoms with Gasteiger partial charge in [0.1, 0.15) is 18.0 Å². The first kappa shape index (κ1) is 10.6. The molecule has 0 amide bonds. The van der Waals surface area contributed by atoms with E-state index in [1.54, 1.807) is 0 Å². The second-order valence-electron chi connectivity index (χ2n) is 5.67. The van der Waals surface area contributed by atoms with Crippen LogP contribution in [0, 0.1) is 0 Å². The Kier molecular flexibility index (Phi) is 1.83. The molecule has 20 heavy (non-hydrogen) atoms. The van der Waals surface area contributed by atoms with Gasteiger partial charge in [-0.05, 0) is 24.3 Å². The third kappa shape index (κ3) is 1.24. The molecule has 2 aromatic carbocycles. The smallest absolute Gasteiger partial charge is 0.231 e. The largest absolute Gasteiger partial charge is 0.508 e. The molecule has 3 heterocycles. The number of benzene rings is 2. The standard InChI is InChI=1S/C16H13NO3/c18-11-3-9-1-2-17-7-10-4-14-15(20-8-19-14)6-12(10)13(5-11)16(9)17/h3-6,18H,1-2,7-8H2/p+1. The van der Waals surface area contributed by atoms with Crippen molar-refractivity contribution in [3.8, 4) is 28.4 Å². The van der Waals surface area contributed by atoms with E-state index in [2.05, 4.69) is 12.1 Å². The maximum absolute atomic E-state index is 9.97. The molecule has 5 rings (SSSR count). The predicted octanol–water partition coefficient (Wildman–Crippen LogP) is 1.37. The molecule has 0 aliphatic carbocycles. The SMILES string of the molecule is Oc1cc2c3c(c1)-c1cc4c(cc1C[NH+]3CC2)OCO4. The Balaban J connectivity index is 1.82. The number of aromatic hydroxyl groups is 1. The van der Waals surface area contributed by atoms with Crippen molar-refractivity contribution in [1.82, 2.24) is 0 Å². The summed E-state index contributed by atoms with van der Waals surface area (Å²) in [5.74, 6) is 2.00. The van der Waals surface area contributed by atoms with E-state index in [-0.39, 0.29) is 0 Å². The van der Waals surface area contributed by atoms with Gasteiger partial charge in [0.15, 0.2) is 11.5 Å². The molecule has 2 aromatic rings. The topological polar surface area (TPSA) is 43.1 Å². The minimum atomic E-state index is 0.299. The summed E-state index contributed by atoms with van der Waals surface area (Å²) in [4.78, 5) is 1.49. The normalized spacial score (nSPS) is 20.7. The number of nitrogens with one attached hydrogen (secondary N) is 1. The van der Waals surface area contributed by atoms with Crippen LogP contribution in [0.25, 0.3) is 11.1 Å². The maximum atomic E-state index is 9.97. The average Bonchev–Trinajstić information content (AvgIpc) is 3.04. The van der Waals surface area contributed by atoms with E-state index in [1.807, 2.05) is 12.1 Å². The van der Waals surface area contributed by atoms with Gasteiger partial charge in [-0.15, -0.1) is 0 Å².